The molecule has 0 aliphatic carbocycles. The van der Waals surface area contributed by atoms with Gasteiger partial charge in [0.05, 0.1) is 0 Å². The zero-order valence-corrected chi connectivity index (χ0v) is 20.3. The van der Waals surface area contributed by atoms with Crippen molar-refractivity contribution in [3.05, 3.63) is 77.8 Å². The average Bonchev–Trinajstić information content (AvgIpc) is 3.35. The van der Waals surface area contributed by atoms with Gasteiger partial charge in [0, 0.05) is 77.5 Å². The maximum Gasteiger partial charge on any atom is 0.317 e. The maximum atomic E-state index is 13.1. The first-order valence-corrected chi connectivity index (χ1v) is 12.3. The highest BCUT2D eigenvalue weighted by molar-refractivity contribution is 5.73. The van der Waals surface area contributed by atoms with Gasteiger partial charge >= 0.3 is 6.03 Å². The number of hydrogen-bond donors (Lipinski definition) is 1. The zero-order valence-electron chi connectivity index (χ0n) is 20.3. The first kappa shape index (κ1) is 24.9. The third-order valence-corrected chi connectivity index (χ3v) is 6.38. The lowest BCUT2D eigenvalue weighted by Crippen LogP contribution is -2.48. The molecule has 2 amide bonds. The number of rotatable bonds is 10. The molecule has 0 bridgehead atoms. The third-order valence-electron chi connectivity index (χ3n) is 6.38. The first-order valence-electron chi connectivity index (χ1n) is 12.3. The van der Waals surface area contributed by atoms with Crippen LogP contribution in [0.2, 0.25) is 0 Å². The molecule has 1 saturated heterocycles. The molecule has 1 aliphatic rings. The fraction of sp³-hybridized carbons (Fsp3) is 0.407. The lowest BCUT2D eigenvalue weighted by molar-refractivity contribution is 0.127. The topological polar surface area (TPSA) is 64.9 Å². The fourth-order valence-corrected chi connectivity index (χ4v) is 4.25. The summed E-state index contributed by atoms with van der Waals surface area (Å²) in [5, 5.41) is 7.09. The van der Waals surface area contributed by atoms with Crippen LogP contribution in [0, 0.1) is 5.82 Å². The molecule has 1 aliphatic heterocycles. The lowest BCUT2D eigenvalue weighted by Gasteiger charge is -2.34. The molecule has 4 rings (SSSR count). The number of amides is 2. The molecule has 2 aromatic carbocycles. The summed E-state index contributed by atoms with van der Waals surface area (Å²) < 4.78 is 18.5. The highest BCUT2D eigenvalue weighted by atomic mass is 19.1. The van der Waals surface area contributed by atoms with E-state index in [2.05, 4.69) is 50.6 Å². The molecule has 35 heavy (non-hydrogen) atoms. The Morgan fingerprint density at radius 1 is 1.06 bits per heavy atom. The third kappa shape index (κ3) is 7.63. The van der Waals surface area contributed by atoms with Crippen LogP contribution in [0.4, 0.5) is 9.18 Å². The first-order chi connectivity index (χ1) is 17.1. The predicted octanol–water partition coefficient (Wildman–Crippen LogP) is 3.87. The number of halogens is 1. The summed E-state index contributed by atoms with van der Waals surface area (Å²) in [5.41, 5.74) is 2.86. The van der Waals surface area contributed by atoms with Gasteiger partial charge in [-0.3, -0.25) is 9.80 Å². The van der Waals surface area contributed by atoms with Crippen LogP contribution in [0.5, 0.6) is 0 Å². The molecular weight excluding hydrogens is 445 g/mol. The maximum absolute atomic E-state index is 13.1. The fourth-order valence-electron chi connectivity index (χ4n) is 4.25. The van der Waals surface area contributed by atoms with Crippen molar-refractivity contribution in [3.8, 4) is 11.3 Å². The summed E-state index contributed by atoms with van der Waals surface area (Å²) in [7, 11) is 1.81. The number of benzene rings is 2. The van der Waals surface area contributed by atoms with E-state index in [0.717, 1.165) is 57.0 Å². The van der Waals surface area contributed by atoms with Crippen LogP contribution in [-0.4, -0.2) is 78.7 Å². The SMILES string of the molecule is CN(CCCc1cc(-c2ccc(F)cc2)no1)C(=O)NCCN1CCN(Cc2ccccc2)CC1. The van der Waals surface area contributed by atoms with Gasteiger partial charge in [0.25, 0.3) is 0 Å². The van der Waals surface area contributed by atoms with Gasteiger partial charge in [0.2, 0.25) is 0 Å². The number of nitrogens with one attached hydrogen (secondary N) is 1. The zero-order chi connectivity index (χ0) is 24.5. The number of aryl methyl sites for hydroxylation is 1. The van der Waals surface area contributed by atoms with Gasteiger partial charge in [-0.1, -0.05) is 35.5 Å². The van der Waals surface area contributed by atoms with Gasteiger partial charge in [0.15, 0.2) is 0 Å². The number of piperazine rings is 1. The smallest absolute Gasteiger partial charge is 0.317 e. The van der Waals surface area contributed by atoms with Crippen LogP contribution in [0.25, 0.3) is 11.3 Å². The van der Waals surface area contributed by atoms with Crippen molar-refractivity contribution in [1.82, 2.24) is 25.2 Å². The highest BCUT2D eigenvalue weighted by Gasteiger charge is 2.17. The quantitative estimate of drug-likeness (QED) is 0.478. The number of urea groups is 1. The van der Waals surface area contributed by atoms with Crippen LogP contribution >= 0.6 is 0 Å². The van der Waals surface area contributed by atoms with E-state index in [0.29, 0.717) is 25.2 Å². The van der Waals surface area contributed by atoms with E-state index in [4.69, 9.17) is 4.52 Å². The number of hydrogen-bond acceptors (Lipinski definition) is 5. The van der Waals surface area contributed by atoms with Crippen molar-refractivity contribution >= 4 is 6.03 Å². The van der Waals surface area contributed by atoms with E-state index in [-0.39, 0.29) is 11.8 Å². The Morgan fingerprint density at radius 3 is 2.51 bits per heavy atom. The predicted molar refractivity (Wildman–Crippen MR) is 134 cm³/mol. The minimum absolute atomic E-state index is 0.0581. The van der Waals surface area contributed by atoms with Crippen LogP contribution in [-0.2, 0) is 13.0 Å². The Morgan fingerprint density at radius 2 is 1.77 bits per heavy atom. The molecule has 186 valence electrons. The summed E-state index contributed by atoms with van der Waals surface area (Å²) in [6, 6.07) is 18.6. The Balaban J connectivity index is 1.09. The van der Waals surface area contributed by atoms with Crippen LogP contribution in [0.1, 0.15) is 17.7 Å². The number of carbonyl (C=O) groups excluding carboxylic acids is 1. The van der Waals surface area contributed by atoms with Crippen LogP contribution in [0.3, 0.4) is 0 Å². The van der Waals surface area contributed by atoms with Crippen molar-refractivity contribution in [2.75, 3.05) is 52.9 Å². The molecule has 0 radical (unpaired) electrons. The molecule has 1 aromatic heterocycles. The Hall–Kier alpha value is -3.23. The van der Waals surface area contributed by atoms with Crippen molar-refractivity contribution < 1.29 is 13.7 Å². The van der Waals surface area contributed by atoms with Gasteiger partial charge in [-0.15, -0.1) is 0 Å². The van der Waals surface area contributed by atoms with E-state index < -0.39 is 0 Å². The van der Waals surface area contributed by atoms with Crippen molar-refractivity contribution in [2.24, 2.45) is 0 Å². The molecule has 0 unspecified atom stereocenters. The molecule has 8 heteroatoms. The molecule has 1 fully saturated rings. The summed E-state index contributed by atoms with van der Waals surface area (Å²) in [6.07, 6.45) is 1.45. The number of aromatic nitrogens is 1. The molecular formula is C27H34FN5O2. The van der Waals surface area contributed by atoms with Gasteiger partial charge in [-0.25, -0.2) is 9.18 Å². The highest BCUT2D eigenvalue weighted by Crippen LogP contribution is 2.20. The lowest BCUT2D eigenvalue weighted by atomic mass is 10.1. The Bertz CT molecular complexity index is 1050. The van der Waals surface area contributed by atoms with Gasteiger partial charge < -0.3 is 14.7 Å². The van der Waals surface area contributed by atoms with Gasteiger partial charge in [0.1, 0.15) is 17.3 Å². The van der Waals surface area contributed by atoms with E-state index >= 15 is 0 Å². The minimum atomic E-state index is -0.278. The summed E-state index contributed by atoms with van der Waals surface area (Å²) in [5.74, 6) is 0.477. The van der Waals surface area contributed by atoms with Crippen LogP contribution in [0.15, 0.2) is 65.2 Å². The standard InChI is InChI=1S/C27H34FN5O2/c1-31(14-5-8-25-20-26(30-35-25)23-9-11-24(28)12-10-23)27(34)29-13-15-32-16-18-33(19-17-32)21-22-6-3-2-4-7-22/h2-4,6-7,9-12,20H,5,8,13-19,21H2,1H3,(H,29,34). The van der Waals surface area contributed by atoms with E-state index in [1.165, 1.54) is 17.7 Å². The second-order valence-electron chi connectivity index (χ2n) is 9.05. The van der Waals surface area contributed by atoms with Crippen LogP contribution < -0.4 is 5.32 Å². The molecule has 0 spiro atoms. The number of carbonyl (C=O) groups is 1. The largest absolute Gasteiger partial charge is 0.361 e. The normalized spacial score (nSPS) is 14.7. The molecule has 7 nitrogen and oxygen atoms in total. The molecule has 0 atom stereocenters. The van der Waals surface area contributed by atoms with E-state index in [1.54, 1.807) is 17.0 Å². The minimum Gasteiger partial charge on any atom is -0.361 e. The van der Waals surface area contributed by atoms with E-state index in [9.17, 15) is 9.18 Å². The average molecular weight is 480 g/mol. The van der Waals surface area contributed by atoms with Gasteiger partial charge in [-0.05, 0) is 36.2 Å². The molecule has 3 aromatic rings. The monoisotopic (exact) mass is 479 g/mol. The summed E-state index contributed by atoms with van der Waals surface area (Å²) in [6.45, 7) is 7.27. The van der Waals surface area contributed by atoms with Crippen molar-refractivity contribution in [3.63, 3.8) is 0 Å². The van der Waals surface area contributed by atoms with Crippen molar-refractivity contribution in [2.45, 2.75) is 19.4 Å². The van der Waals surface area contributed by atoms with E-state index in [1.807, 2.05) is 13.1 Å². The van der Waals surface area contributed by atoms with Crippen molar-refractivity contribution in [1.29, 1.82) is 0 Å². The summed E-state index contributed by atoms with van der Waals surface area (Å²) >= 11 is 0. The second kappa shape index (κ2) is 12.5. The second-order valence-corrected chi connectivity index (χ2v) is 9.05. The molecule has 0 saturated carbocycles. The summed E-state index contributed by atoms with van der Waals surface area (Å²) in [4.78, 5) is 19.0. The van der Waals surface area contributed by atoms with Gasteiger partial charge in [-0.2, -0.15) is 0 Å². The Kier molecular flexibility index (Phi) is 8.86. The molecule has 1 N–H and O–H groups in total. The Labute approximate surface area is 206 Å². The molecule has 2 heterocycles. The number of nitrogens with zero attached hydrogens (tertiary/aromatic N) is 4.